The number of methoxy groups -OCH3 is 2. The normalized spacial score (nSPS) is 11.0. The predicted molar refractivity (Wildman–Crippen MR) is 100 cm³/mol. The van der Waals surface area contributed by atoms with Crippen LogP contribution in [-0.4, -0.2) is 29.5 Å². The first kappa shape index (κ1) is 17.5. The minimum atomic E-state index is -0.198. The summed E-state index contributed by atoms with van der Waals surface area (Å²) in [4.78, 5) is 16.6. The number of nitrogens with zero attached hydrogens (tertiary/aromatic N) is 2. The molecule has 0 saturated heterocycles. The highest BCUT2D eigenvalue weighted by atomic mass is 16.5. The Bertz CT molecular complexity index is 960. The Morgan fingerprint density at radius 1 is 1.27 bits per heavy atom. The zero-order chi connectivity index (χ0) is 18.5. The van der Waals surface area contributed by atoms with Crippen molar-refractivity contribution in [1.82, 2.24) is 14.7 Å². The van der Waals surface area contributed by atoms with Crippen LogP contribution >= 0.6 is 0 Å². The van der Waals surface area contributed by atoms with Gasteiger partial charge in [-0.05, 0) is 36.8 Å². The molecule has 3 aromatic rings. The summed E-state index contributed by atoms with van der Waals surface area (Å²) in [7, 11) is 3.18. The van der Waals surface area contributed by atoms with Gasteiger partial charge in [0, 0.05) is 30.1 Å². The van der Waals surface area contributed by atoms with E-state index in [2.05, 4.69) is 10.3 Å². The smallest absolute Gasteiger partial charge is 0.244 e. The van der Waals surface area contributed by atoms with E-state index in [0.29, 0.717) is 18.0 Å². The lowest BCUT2D eigenvalue weighted by Crippen LogP contribution is -2.20. The molecule has 3 rings (SSSR count). The van der Waals surface area contributed by atoms with Gasteiger partial charge in [-0.25, -0.2) is 4.98 Å². The van der Waals surface area contributed by atoms with Crippen molar-refractivity contribution in [1.29, 1.82) is 0 Å². The Kier molecular flexibility index (Phi) is 5.22. The maximum absolute atomic E-state index is 12.1. The van der Waals surface area contributed by atoms with Crippen LogP contribution in [0.4, 0.5) is 0 Å². The molecule has 0 radical (unpaired) electrons. The third-order valence-corrected chi connectivity index (χ3v) is 4.03. The van der Waals surface area contributed by atoms with E-state index in [1.807, 2.05) is 48.0 Å². The third-order valence-electron chi connectivity index (χ3n) is 4.03. The maximum atomic E-state index is 12.1. The molecule has 0 bridgehead atoms. The first-order valence-corrected chi connectivity index (χ1v) is 8.22. The fourth-order valence-corrected chi connectivity index (χ4v) is 2.65. The molecule has 6 nitrogen and oxygen atoms in total. The van der Waals surface area contributed by atoms with E-state index in [-0.39, 0.29) is 5.91 Å². The molecular weight excluding hydrogens is 330 g/mol. The molecule has 0 aliphatic rings. The summed E-state index contributed by atoms with van der Waals surface area (Å²) in [5.41, 5.74) is 3.60. The van der Waals surface area contributed by atoms with Crippen molar-refractivity contribution in [3.63, 3.8) is 0 Å². The topological polar surface area (TPSA) is 64.9 Å². The first-order valence-electron chi connectivity index (χ1n) is 8.22. The Hall–Kier alpha value is -3.28. The number of pyridine rings is 1. The molecule has 1 aromatic carbocycles. The van der Waals surface area contributed by atoms with Crippen LogP contribution in [0.1, 0.15) is 16.8 Å². The number of fused-ring (bicyclic) bond motifs is 1. The Labute approximate surface area is 152 Å². The number of carbonyl (C=O) groups is 1. The SMILES string of the molecule is COc1ccc(/C=C/C(=O)NCc2cn3cccc(C)c3n2)c(OC)c1. The van der Waals surface area contributed by atoms with Crippen molar-refractivity contribution in [3.8, 4) is 11.5 Å². The van der Waals surface area contributed by atoms with Gasteiger partial charge in [-0.3, -0.25) is 4.79 Å². The molecule has 0 aliphatic heterocycles. The van der Waals surface area contributed by atoms with Crippen molar-refractivity contribution in [2.45, 2.75) is 13.5 Å². The number of imidazole rings is 1. The van der Waals surface area contributed by atoms with Gasteiger partial charge in [0.1, 0.15) is 17.1 Å². The first-order chi connectivity index (χ1) is 12.6. The Morgan fingerprint density at radius 2 is 2.12 bits per heavy atom. The fraction of sp³-hybridized carbons (Fsp3) is 0.200. The van der Waals surface area contributed by atoms with Crippen LogP contribution in [0, 0.1) is 6.92 Å². The number of ether oxygens (including phenoxy) is 2. The highest BCUT2D eigenvalue weighted by Crippen LogP contribution is 2.25. The van der Waals surface area contributed by atoms with Crippen LogP contribution in [0.3, 0.4) is 0 Å². The van der Waals surface area contributed by atoms with Crippen molar-refractivity contribution in [3.05, 3.63) is 65.6 Å². The van der Waals surface area contributed by atoms with Gasteiger partial charge in [-0.15, -0.1) is 0 Å². The molecule has 1 N–H and O–H groups in total. The van der Waals surface area contributed by atoms with Gasteiger partial charge in [0.15, 0.2) is 0 Å². The van der Waals surface area contributed by atoms with E-state index >= 15 is 0 Å². The second-order valence-corrected chi connectivity index (χ2v) is 5.81. The van der Waals surface area contributed by atoms with Gasteiger partial charge < -0.3 is 19.2 Å². The molecule has 134 valence electrons. The van der Waals surface area contributed by atoms with Crippen LogP contribution in [0.2, 0.25) is 0 Å². The number of nitrogens with one attached hydrogen (secondary N) is 1. The summed E-state index contributed by atoms with van der Waals surface area (Å²) < 4.78 is 12.4. The largest absolute Gasteiger partial charge is 0.497 e. The molecule has 0 fully saturated rings. The summed E-state index contributed by atoms with van der Waals surface area (Å²) in [5, 5.41) is 2.84. The van der Waals surface area contributed by atoms with E-state index in [9.17, 15) is 4.79 Å². The van der Waals surface area contributed by atoms with Gasteiger partial charge in [0.25, 0.3) is 0 Å². The predicted octanol–water partition coefficient (Wildman–Crippen LogP) is 2.99. The number of carbonyl (C=O) groups excluding carboxylic acids is 1. The number of hydrogen-bond acceptors (Lipinski definition) is 4. The summed E-state index contributed by atoms with van der Waals surface area (Å²) >= 11 is 0. The maximum Gasteiger partial charge on any atom is 0.244 e. The monoisotopic (exact) mass is 351 g/mol. The van der Waals surface area contributed by atoms with Crippen LogP contribution in [-0.2, 0) is 11.3 Å². The molecule has 26 heavy (non-hydrogen) atoms. The number of aromatic nitrogens is 2. The number of aryl methyl sites for hydroxylation is 1. The Morgan fingerprint density at radius 3 is 2.85 bits per heavy atom. The highest BCUT2D eigenvalue weighted by molar-refractivity contribution is 5.92. The van der Waals surface area contributed by atoms with E-state index in [0.717, 1.165) is 22.5 Å². The molecule has 0 aliphatic carbocycles. The van der Waals surface area contributed by atoms with E-state index < -0.39 is 0 Å². The second-order valence-electron chi connectivity index (χ2n) is 5.81. The number of hydrogen-bond donors (Lipinski definition) is 1. The van der Waals surface area contributed by atoms with E-state index in [4.69, 9.17) is 9.47 Å². The lowest BCUT2D eigenvalue weighted by Gasteiger charge is -2.07. The van der Waals surface area contributed by atoms with Crippen molar-refractivity contribution in [2.24, 2.45) is 0 Å². The summed E-state index contributed by atoms with van der Waals surface area (Å²) in [6, 6.07) is 9.41. The van der Waals surface area contributed by atoms with Gasteiger partial charge in [-0.2, -0.15) is 0 Å². The number of benzene rings is 1. The minimum absolute atomic E-state index is 0.198. The second kappa shape index (κ2) is 7.74. The Balaban J connectivity index is 1.65. The minimum Gasteiger partial charge on any atom is -0.497 e. The van der Waals surface area contributed by atoms with Gasteiger partial charge in [0.05, 0.1) is 26.5 Å². The van der Waals surface area contributed by atoms with Crippen LogP contribution in [0.25, 0.3) is 11.7 Å². The van der Waals surface area contributed by atoms with Gasteiger partial charge >= 0.3 is 0 Å². The van der Waals surface area contributed by atoms with E-state index in [1.54, 1.807) is 26.4 Å². The number of rotatable bonds is 6. The molecule has 6 heteroatoms. The molecule has 2 aromatic heterocycles. The average molecular weight is 351 g/mol. The fourth-order valence-electron chi connectivity index (χ4n) is 2.65. The van der Waals surface area contributed by atoms with Gasteiger partial charge in [-0.1, -0.05) is 6.07 Å². The van der Waals surface area contributed by atoms with Crippen LogP contribution in [0.5, 0.6) is 11.5 Å². The van der Waals surface area contributed by atoms with Crippen molar-refractivity contribution >= 4 is 17.6 Å². The van der Waals surface area contributed by atoms with Crippen molar-refractivity contribution in [2.75, 3.05) is 14.2 Å². The lowest BCUT2D eigenvalue weighted by atomic mass is 10.1. The zero-order valence-electron chi connectivity index (χ0n) is 15.0. The van der Waals surface area contributed by atoms with Crippen molar-refractivity contribution < 1.29 is 14.3 Å². The zero-order valence-corrected chi connectivity index (χ0v) is 15.0. The highest BCUT2D eigenvalue weighted by Gasteiger charge is 2.06. The average Bonchev–Trinajstić information content (AvgIpc) is 3.09. The molecule has 1 amide bonds. The standard InChI is InChI=1S/C20H21N3O3/c1-14-5-4-10-23-13-16(22-20(14)23)12-21-19(24)9-7-15-6-8-17(25-2)11-18(15)26-3/h4-11,13H,12H2,1-3H3,(H,21,24)/b9-7+. The molecule has 0 atom stereocenters. The van der Waals surface area contributed by atoms with Crippen LogP contribution in [0.15, 0.2) is 48.8 Å². The number of amides is 1. The molecule has 0 unspecified atom stereocenters. The molecule has 2 heterocycles. The van der Waals surface area contributed by atoms with Crippen LogP contribution < -0.4 is 14.8 Å². The summed E-state index contributed by atoms with van der Waals surface area (Å²) in [6.07, 6.45) is 7.04. The molecular formula is C20H21N3O3. The summed E-state index contributed by atoms with van der Waals surface area (Å²) in [5.74, 6) is 1.14. The van der Waals surface area contributed by atoms with Gasteiger partial charge in [0.2, 0.25) is 5.91 Å². The van der Waals surface area contributed by atoms with E-state index in [1.165, 1.54) is 6.08 Å². The third kappa shape index (κ3) is 3.85. The lowest BCUT2D eigenvalue weighted by molar-refractivity contribution is -0.116. The molecule has 0 spiro atoms. The quantitative estimate of drug-likeness (QED) is 0.694. The molecule has 0 saturated carbocycles. The summed E-state index contributed by atoms with van der Waals surface area (Å²) in [6.45, 7) is 2.37.